The smallest absolute Gasteiger partial charge is 0.488 e. The molecule has 0 amide bonds. The van der Waals surface area contributed by atoms with Crippen molar-refractivity contribution in [2.45, 2.75) is 51.4 Å². The van der Waals surface area contributed by atoms with Gasteiger partial charge in [-0.3, -0.25) is 4.99 Å². The first-order valence-corrected chi connectivity index (χ1v) is 13.2. The molecule has 1 saturated carbocycles. The molecule has 0 bridgehead atoms. The maximum absolute atomic E-state index is 13.4. The molecule has 2 aliphatic rings. The lowest BCUT2D eigenvalue weighted by atomic mass is 9.91. The van der Waals surface area contributed by atoms with Gasteiger partial charge in [-0.05, 0) is 79.5 Å². The summed E-state index contributed by atoms with van der Waals surface area (Å²) in [4.78, 5) is 9.80. The quantitative estimate of drug-likeness (QED) is 0.205. The van der Waals surface area contributed by atoms with Crippen molar-refractivity contribution in [3.8, 4) is 22.6 Å². The average Bonchev–Trinajstić information content (AvgIpc) is 3.76. The molecule has 1 aliphatic heterocycles. The Morgan fingerprint density at radius 2 is 1.72 bits per heavy atom. The lowest BCUT2D eigenvalue weighted by Gasteiger charge is -2.24. The minimum absolute atomic E-state index is 0.218. The van der Waals surface area contributed by atoms with Crippen molar-refractivity contribution in [1.82, 2.24) is 0 Å². The Kier molecular flexibility index (Phi) is 7.91. The number of hydrogen-bond acceptors (Lipinski definition) is 5. The van der Waals surface area contributed by atoms with Gasteiger partial charge in [-0.1, -0.05) is 53.7 Å². The second kappa shape index (κ2) is 11.5. The number of aryl methyl sites for hydroxylation is 1. The van der Waals surface area contributed by atoms with Crippen molar-refractivity contribution >= 4 is 11.4 Å². The molecule has 0 N–H and O–H groups in total. The Morgan fingerprint density at radius 3 is 2.41 bits per heavy atom. The zero-order valence-electron chi connectivity index (χ0n) is 22.0. The van der Waals surface area contributed by atoms with E-state index in [1.165, 1.54) is 13.2 Å². The van der Waals surface area contributed by atoms with Crippen LogP contribution in [-0.4, -0.2) is 31.5 Å². The highest BCUT2D eigenvalue weighted by atomic mass is 19.4. The Labute approximate surface area is 226 Å². The van der Waals surface area contributed by atoms with Crippen LogP contribution in [0.5, 0.6) is 11.5 Å². The molecule has 1 heterocycles. The molecule has 0 saturated heterocycles. The van der Waals surface area contributed by atoms with Crippen LogP contribution >= 0.6 is 0 Å². The van der Waals surface area contributed by atoms with E-state index in [0.717, 1.165) is 53.8 Å². The van der Waals surface area contributed by atoms with E-state index in [4.69, 9.17) is 14.6 Å². The number of ether oxygens (including phenoxy) is 2. The summed E-state index contributed by atoms with van der Waals surface area (Å²) in [6.07, 6.45) is -0.354. The van der Waals surface area contributed by atoms with Crippen LogP contribution in [0.3, 0.4) is 0 Å². The summed E-state index contributed by atoms with van der Waals surface area (Å²) in [5.41, 5.74) is 5.74. The third-order valence-corrected chi connectivity index (χ3v) is 7.09. The third kappa shape index (κ3) is 6.80. The number of hydrogen-bond donors (Lipinski definition) is 0. The molecular weight excluding hydrogens is 505 g/mol. The number of rotatable bonds is 9. The Bertz CT molecular complexity index is 1360. The van der Waals surface area contributed by atoms with Crippen molar-refractivity contribution in [2.75, 3.05) is 13.7 Å². The molecule has 39 heavy (non-hydrogen) atoms. The molecule has 1 unspecified atom stereocenters. The Hall–Kier alpha value is -3.81. The van der Waals surface area contributed by atoms with E-state index in [-0.39, 0.29) is 5.75 Å². The highest BCUT2D eigenvalue weighted by Crippen LogP contribution is 2.40. The van der Waals surface area contributed by atoms with Crippen LogP contribution in [0.25, 0.3) is 11.1 Å². The average molecular weight is 537 g/mol. The van der Waals surface area contributed by atoms with Crippen LogP contribution in [0, 0.1) is 12.8 Å². The van der Waals surface area contributed by atoms with Crippen molar-refractivity contribution in [1.29, 1.82) is 0 Å². The summed E-state index contributed by atoms with van der Waals surface area (Å²) < 4.78 is 50.7. The molecule has 3 aromatic carbocycles. The largest absolute Gasteiger partial charge is 0.573 e. The van der Waals surface area contributed by atoms with Crippen LogP contribution in [0.4, 0.5) is 13.2 Å². The van der Waals surface area contributed by atoms with Crippen molar-refractivity contribution in [2.24, 2.45) is 16.1 Å². The zero-order chi connectivity index (χ0) is 27.4. The van der Waals surface area contributed by atoms with Gasteiger partial charge >= 0.3 is 6.36 Å². The third-order valence-electron chi connectivity index (χ3n) is 7.09. The van der Waals surface area contributed by atoms with Gasteiger partial charge < -0.3 is 14.3 Å². The van der Waals surface area contributed by atoms with Crippen LogP contribution < -0.4 is 9.47 Å². The van der Waals surface area contributed by atoms with Crippen LogP contribution in [0.2, 0.25) is 0 Å². The molecule has 1 aliphatic carbocycles. The lowest BCUT2D eigenvalue weighted by Crippen LogP contribution is -2.19. The standard InChI is InChI=1S/C31H31F3N2O3/c1-20-6-3-4-7-25(20)27-8-5-9-28(35-27)26-17-14-23(18-30(26)39-31(32,33)34)21-12-15-24(16-13-21)38-19-29(36-37-2)22-10-11-22/h3-4,6-7,12-18,22,28H,5,8-11,19H2,1-2H3. The minimum Gasteiger partial charge on any atom is -0.488 e. The van der Waals surface area contributed by atoms with Gasteiger partial charge in [0.25, 0.3) is 0 Å². The number of nitrogens with zero attached hydrogens (tertiary/aromatic N) is 2. The van der Waals surface area contributed by atoms with E-state index in [0.29, 0.717) is 35.8 Å². The van der Waals surface area contributed by atoms with Crippen LogP contribution in [0.1, 0.15) is 54.8 Å². The number of aliphatic imine (C=N–C) groups is 1. The van der Waals surface area contributed by atoms with Crippen molar-refractivity contribution in [3.63, 3.8) is 0 Å². The normalized spacial score (nSPS) is 17.9. The van der Waals surface area contributed by atoms with Crippen molar-refractivity contribution < 1.29 is 27.5 Å². The minimum atomic E-state index is -4.81. The van der Waals surface area contributed by atoms with E-state index < -0.39 is 12.4 Å². The predicted molar refractivity (Wildman–Crippen MR) is 146 cm³/mol. The van der Waals surface area contributed by atoms with Crippen molar-refractivity contribution in [3.05, 3.63) is 83.4 Å². The second-order valence-corrected chi connectivity index (χ2v) is 9.95. The molecule has 8 heteroatoms. The van der Waals surface area contributed by atoms with E-state index in [1.54, 1.807) is 18.2 Å². The first-order chi connectivity index (χ1) is 18.8. The molecular formula is C31H31F3N2O3. The highest BCUT2D eigenvalue weighted by molar-refractivity contribution is 6.02. The fourth-order valence-electron chi connectivity index (χ4n) is 4.96. The fraction of sp³-hybridized carbons (Fsp3) is 0.355. The molecule has 5 nitrogen and oxygen atoms in total. The summed E-state index contributed by atoms with van der Waals surface area (Å²) in [7, 11) is 1.52. The summed E-state index contributed by atoms with van der Waals surface area (Å²) in [5.74, 6) is 0.841. The predicted octanol–water partition coefficient (Wildman–Crippen LogP) is 8.07. The van der Waals surface area contributed by atoms with E-state index in [9.17, 15) is 13.2 Å². The van der Waals surface area contributed by atoms with Gasteiger partial charge in [-0.25, -0.2) is 0 Å². The second-order valence-electron chi connectivity index (χ2n) is 9.95. The molecule has 0 aromatic heterocycles. The van der Waals surface area contributed by atoms with Gasteiger partial charge in [0.15, 0.2) is 0 Å². The lowest BCUT2D eigenvalue weighted by molar-refractivity contribution is -0.274. The van der Waals surface area contributed by atoms with E-state index in [1.807, 2.05) is 49.4 Å². The SMILES string of the molecule is CON=C(COc1ccc(-c2ccc(C3CCCC(c4ccccc4C)=N3)c(OC(F)(F)F)c2)cc1)C1CC1. The summed E-state index contributed by atoms with van der Waals surface area (Å²) >= 11 is 0. The maximum atomic E-state index is 13.4. The van der Waals surface area contributed by atoms with Gasteiger partial charge in [0.05, 0.1) is 11.8 Å². The fourth-order valence-corrected chi connectivity index (χ4v) is 4.96. The summed E-state index contributed by atoms with van der Waals surface area (Å²) in [6.45, 7) is 2.35. The molecule has 5 rings (SSSR count). The van der Waals surface area contributed by atoms with Crippen LogP contribution in [0.15, 0.2) is 76.9 Å². The summed E-state index contributed by atoms with van der Waals surface area (Å²) in [6, 6.07) is 19.8. The highest BCUT2D eigenvalue weighted by Gasteiger charge is 2.34. The monoisotopic (exact) mass is 536 g/mol. The Morgan fingerprint density at radius 1 is 0.974 bits per heavy atom. The first kappa shape index (κ1) is 26.8. The van der Waals surface area contributed by atoms with E-state index >= 15 is 0 Å². The molecule has 1 atom stereocenters. The number of benzene rings is 3. The zero-order valence-corrected chi connectivity index (χ0v) is 22.0. The molecule has 1 fully saturated rings. The number of alkyl halides is 3. The van der Waals surface area contributed by atoms with Gasteiger partial charge in [-0.2, -0.15) is 0 Å². The van der Waals surface area contributed by atoms with Gasteiger partial charge in [-0.15, -0.1) is 13.2 Å². The number of oxime groups is 1. The van der Waals surface area contributed by atoms with Gasteiger partial charge in [0, 0.05) is 17.2 Å². The molecule has 204 valence electrons. The van der Waals surface area contributed by atoms with E-state index in [2.05, 4.69) is 9.89 Å². The first-order valence-electron chi connectivity index (χ1n) is 13.2. The molecule has 3 aromatic rings. The Balaban J connectivity index is 1.39. The van der Waals surface area contributed by atoms with Gasteiger partial charge in [0.2, 0.25) is 0 Å². The topological polar surface area (TPSA) is 52.4 Å². The maximum Gasteiger partial charge on any atom is 0.573 e. The van der Waals surface area contributed by atoms with Gasteiger partial charge in [0.1, 0.15) is 25.2 Å². The molecule has 0 radical (unpaired) electrons. The molecule has 0 spiro atoms. The number of halogens is 3. The van der Waals surface area contributed by atoms with Crippen LogP contribution in [-0.2, 0) is 4.84 Å². The summed E-state index contributed by atoms with van der Waals surface area (Å²) in [5, 5.41) is 4.05.